The SMILES string of the molecule is CC(c1ccccn1)C(N)c1cc(Cl)ccc1I. The van der Waals surface area contributed by atoms with Crippen molar-refractivity contribution in [3.63, 3.8) is 0 Å². The number of benzene rings is 1. The summed E-state index contributed by atoms with van der Waals surface area (Å²) >= 11 is 8.32. The van der Waals surface area contributed by atoms with Crippen molar-refractivity contribution in [2.45, 2.75) is 18.9 Å². The number of nitrogens with zero attached hydrogens (tertiary/aromatic N) is 1. The van der Waals surface area contributed by atoms with Crippen LogP contribution in [0, 0.1) is 3.57 Å². The summed E-state index contributed by atoms with van der Waals surface area (Å²) in [5.41, 5.74) is 8.41. The van der Waals surface area contributed by atoms with Crippen molar-refractivity contribution in [1.82, 2.24) is 4.98 Å². The average molecular weight is 373 g/mol. The monoisotopic (exact) mass is 372 g/mol. The molecule has 0 amide bonds. The molecule has 0 saturated heterocycles. The van der Waals surface area contributed by atoms with Gasteiger partial charge < -0.3 is 5.73 Å². The molecule has 2 unspecified atom stereocenters. The highest BCUT2D eigenvalue weighted by atomic mass is 127. The van der Waals surface area contributed by atoms with E-state index in [9.17, 15) is 0 Å². The van der Waals surface area contributed by atoms with Crippen molar-refractivity contribution in [2.75, 3.05) is 0 Å². The zero-order valence-electron chi connectivity index (χ0n) is 9.98. The smallest absolute Gasteiger partial charge is 0.0450 e. The van der Waals surface area contributed by atoms with Gasteiger partial charge in [-0.3, -0.25) is 4.98 Å². The van der Waals surface area contributed by atoms with E-state index in [0.717, 1.165) is 14.8 Å². The van der Waals surface area contributed by atoms with Gasteiger partial charge in [-0.25, -0.2) is 0 Å². The number of hydrogen-bond donors (Lipinski definition) is 1. The van der Waals surface area contributed by atoms with Crippen LogP contribution in [0.25, 0.3) is 0 Å². The van der Waals surface area contributed by atoms with Crippen LogP contribution >= 0.6 is 34.2 Å². The van der Waals surface area contributed by atoms with Gasteiger partial charge in [-0.1, -0.05) is 24.6 Å². The number of nitrogens with two attached hydrogens (primary N) is 1. The molecule has 1 aromatic heterocycles. The summed E-state index contributed by atoms with van der Waals surface area (Å²) in [7, 11) is 0. The first-order chi connectivity index (χ1) is 8.59. The Morgan fingerprint density at radius 2 is 2.06 bits per heavy atom. The quantitative estimate of drug-likeness (QED) is 0.822. The van der Waals surface area contributed by atoms with Crippen LogP contribution in [0.1, 0.15) is 30.1 Å². The van der Waals surface area contributed by atoms with Crippen molar-refractivity contribution in [2.24, 2.45) is 5.73 Å². The average Bonchev–Trinajstić information content (AvgIpc) is 2.41. The molecule has 2 N–H and O–H groups in total. The second-order valence-electron chi connectivity index (χ2n) is 4.23. The van der Waals surface area contributed by atoms with E-state index in [1.807, 2.05) is 36.4 Å². The molecule has 0 aliphatic carbocycles. The lowest BCUT2D eigenvalue weighted by molar-refractivity contribution is 0.581. The van der Waals surface area contributed by atoms with Gasteiger partial charge in [0.25, 0.3) is 0 Å². The van der Waals surface area contributed by atoms with Crippen LogP contribution < -0.4 is 5.73 Å². The molecule has 1 aromatic carbocycles. The zero-order chi connectivity index (χ0) is 13.1. The molecule has 0 saturated carbocycles. The van der Waals surface area contributed by atoms with E-state index >= 15 is 0 Å². The third-order valence-electron chi connectivity index (χ3n) is 3.01. The minimum absolute atomic E-state index is 0.106. The summed E-state index contributed by atoms with van der Waals surface area (Å²) in [6.45, 7) is 2.09. The van der Waals surface area contributed by atoms with Crippen molar-refractivity contribution in [3.05, 3.63) is 62.4 Å². The molecule has 94 valence electrons. The number of rotatable bonds is 3. The van der Waals surface area contributed by atoms with Gasteiger partial charge in [0.1, 0.15) is 0 Å². The van der Waals surface area contributed by atoms with Gasteiger partial charge in [0.15, 0.2) is 0 Å². The van der Waals surface area contributed by atoms with Crippen LogP contribution in [-0.4, -0.2) is 4.98 Å². The summed E-state index contributed by atoms with van der Waals surface area (Å²) in [6, 6.07) is 11.6. The highest BCUT2D eigenvalue weighted by molar-refractivity contribution is 14.1. The maximum Gasteiger partial charge on any atom is 0.0450 e. The van der Waals surface area contributed by atoms with Gasteiger partial charge in [-0.15, -0.1) is 0 Å². The number of aromatic nitrogens is 1. The number of pyridine rings is 1. The van der Waals surface area contributed by atoms with Crippen LogP contribution in [-0.2, 0) is 0 Å². The minimum atomic E-state index is -0.106. The predicted molar refractivity (Wildman–Crippen MR) is 83.7 cm³/mol. The van der Waals surface area contributed by atoms with Gasteiger partial charge in [-0.2, -0.15) is 0 Å². The van der Waals surface area contributed by atoms with Crippen molar-refractivity contribution in [1.29, 1.82) is 0 Å². The minimum Gasteiger partial charge on any atom is -0.323 e. The fraction of sp³-hybridized carbons (Fsp3) is 0.214. The first kappa shape index (κ1) is 13.8. The Morgan fingerprint density at radius 3 is 2.72 bits per heavy atom. The van der Waals surface area contributed by atoms with Gasteiger partial charge >= 0.3 is 0 Å². The van der Waals surface area contributed by atoms with E-state index in [2.05, 4.69) is 34.5 Å². The molecule has 0 spiro atoms. The van der Waals surface area contributed by atoms with Gasteiger partial charge in [0.2, 0.25) is 0 Å². The molecule has 2 rings (SSSR count). The topological polar surface area (TPSA) is 38.9 Å². The van der Waals surface area contributed by atoms with Crippen molar-refractivity contribution in [3.8, 4) is 0 Å². The summed E-state index contributed by atoms with van der Waals surface area (Å²) in [5.74, 6) is 0.151. The van der Waals surface area contributed by atoms with Crippen LogP contribution in [0.5, 0.6) is 0 Å². The fourth-order valence-electron chi connectivity index (χ4n) is 1.87. The molecule has 0 aliphatic rings. The number of halogens is 2. The third kappa shape index (κ3) is 3.02. The van der Waals surface area contributed by atoms with E-state index in [1.54, 1.807) is 6.20 Å². The molecule has 2 atom stereocenters. The lowest BCUT2D eigenvalue weighted by Gasteiger charge is -2.21. The molecule has 0 radical (unpaired) electrons. The molecule has 2 nitrogen and oxygen atoms in total. The maximum absolute atomic E-state index is 6.34. The van der Waals surface area contributed by atoms with Crippen LogP contribution in [0.4, 0.5) is 0 Å². The van der Waals surface area contributed by atoms with Gasteiger partial charge in [0.05, 0.1) is 0 Å². The normalized spacial score (nSPS) is 14.2. The maximum atomic E-state index is 6.34. The first-order valence-corrected chi connectivity index (χ1v) is 7.16. The van der Waals surface area contributed by atoms with Gasteiger partial charge in [0, 0.05) is 32.4 Å². The Kier molecular flexibility index (Phi) is 4.59. The predicted octanol–water partition coefficient (Wildman–Crippen LogP) is 4.14. The molecule has 0 aliphatic heterocycles. The van der Waals surface area contributed by atoms with E-state index in [4.69, 9.17) is 17.3 Å². The zero-order valence-corrected chi connectivity index (χ0v) is 12.9. The van der Waals surface area contributed by atoms with Crippen LogP contribution in [0.2, 0.25) is 5.02 Å². The Labute approximate surface area is 126 Å². The largest absolute Gasteiger partial charge is 0.323 e. The first-order valence-electron chi connectivity index (χ1n) is 5.71. The Balaban J connectivity index is 2.31. The molecular formula is C14H14ClIN2. The molecule has 18 heavy (non-hydrogen) atoms. The summed E-state index contributed by atoms with van der Waals surface area (Å²) < 4.78 is 1.13. The van der Waals surface area contributed by atoms with E-state index < -0.39 is 0 Å². The Morgan fingerprint density at radius 1 is 1.28 bits per heavy atom. The highest BCUT2D eigenvalue weighted by Gasteiger charge is 2.20. The molecule has 0 fully saturated rings. The Hall–Kier alpha value is -0.650. The molecule has 4 heteroatoms. The molecular weight excluding hydrogens is 359 g/mol. The molecule has 0 bridgehead atoms. The third-order valence-corrected chi connectivity index (χ3v) is 4.23. The standard InChI is InChI=1S/C14H14ClIN2/c1-9(13-4-2-3-7-18-13)14(17)11-8-10(15)5-6-12(11)16/h2-9,14H,17H2,1H3. The number of hydrogen-bond acceptors (Lipinski definition) is 2. The lowest BCUT2D eigenvalue weighted by Crippen LogP contribution is -2.19. The second-order valence-corrected chi connectivity index (χ2v) is 5.83. The molecule has 2 aromatic rings. The van der Waals surface area contributed by atoms with E-state index in [-0.39, 0.29) is 12.0 Å². The second kappa shape index (κ2) is 5.99. The highest BCUT2D eigenvalue weighted by Crippen LogP contribution is 2.31. The lowest BCUT2D eigenvalue weighted by atomic mass is 9.92. The van der Waals surface area contributed by atoms with Gasteiger partial charge in [-0.05, 0) is 58.5 Å². The summed E-state index contributed by atoms with van der Waals surface area (Å²) in [4.78, 5) is 4.36. The Bertz CT molecular complexity index is 531. The summed E-state index contributed by atoms with van der Waals surface area (Å²) in [6.07, 6.45) is 1.79. The van der Waals surface area contributed by atoms with Crippen molar-refractivity contribution < 1.29 is 0 Å². The van der Waals surface area contributed by atoms with E-state index in [0.29, 0.717) is 5.02 Å². The van der Waals surface area contributed by atoms with Crippen LogP contribution in [0.15, 0.2) is 42.6 Å². The summed E-state index contributed by atoms with van der Waals surface area (Å²) in [5, 5.41) is 0.717. The fourth-order valence-corrected chi connectivity index (χ4v) is 2.74. The van der Waals surface area contributed by atoms with Crippen LogP contribution in [0.3, 0.4) is 0 Å². The van der Waals surface area contributed by atoms with E-state index in [1.165, 1.54) is 0 Å². The molecule has 1 heterocycles. The van der Waals surface area contributed by atoms with Crippen molar-refractivity contribution >= 4 is 34.2 Å².